The van der Waals surface area contributed by atoms with E-state index in [1.807, 2.05) is 0 Å². The van der Waals surface area contributed by atoms with Crippen molar-refractivity contribution in [2.24, 2.45) is 0 Å². The topological polar surface area (TPSA) is 12.0 Å². The van der Waals surface area contributed by atoms with E-state index in [1.165, 1.54) is 37.0 Å². The Morgan fingerprint density at radius 1 is 1.33 bits per heavy atom. The van der Waals surface area contributed by atoms with Gasteiger partial charge < -0.3 is 5.32 Å². The number of aryl methyl sites for hydroxylation is 1. The van der Waals surface area contributed by atoms with Crippen LogP contribution in [0.4, 0.5) is 0 Å². The highest BCUT2D eigenvalue weighted by molar-refractivity contribution is 8.00. The van der Waals surface area contributed by atoms with E-state index in [9.17, 15) is 0 Å². The van der Waals surface area contributed by atoms with Gasteiger partial charge in [0.1, 0.15) is 0 Å². The molecule has 0 aliphatic carbocycles. The SMILES string of the molecule is CCNC(CCc1ccccc1)C1(C)CCCS1. The van der Waals surface area contributed by atoms with Crippen LogP contribution in [0.5, 0.6) is 0 Å². The van der Waals surface area contributed by atoms with Crippen LogP contribution >= 0.6 is 11.8 Å². The van der Waals surface area contributed by atoms with Crippen molar-refractivity contribution in [3.8, 4) is 0 Å². The largest absolute Gasteiger partial charge is 0.313 e. The zero-order valence-corrected chi connectivity index (χ0v) is 12.4. The van der Waals surface area contributed by atoms with E-state index in [4.69, 9.17) is 0 Å². The molecule has 1 nitrogen and oxygen atoms in total. The first-order valence-corrected chi connectivity index (χ1v) is 8.14. The lowest BCUT2D eigenvalue weighted by Crippen LogP contribution is -2.45. The van der Waals surface area contributed by atoms with Gasteiger partial charge in [0.05, 0.1) is 0 Å². The standard InChI is InChI=1S/C16H25NS/c1-3-17-15(16(2)12-7-13-18-16)11-10-14-8-5-4-6-9-14/h4-6,8-9,15,17H,3,7,10-13H2,1-2H3. The molecule has 0 radical (unpaired) electrons. The van der Waals surface area contributed by atoms with Crippen LogP contribution in [0.3, 0.4) is 0 Å². The van der Waals surface area contributed by atoms with Gasteiger partial charge in [-0.1, -0.05) is 37.3 Å². The molecule has 2 heteroatoms. The molecule has 2 atom stereocenters. The fourth-order valence-corrected chi connectivity index (χ4v) is 4.35. The Morgan fingerprint density at radius 2 is 2.11 bits per heavy atom. The predicted octanol–water partition coefficient (Wildman–Crippen LogP) is 3.88. The van der Waals surface area contributed by atoms with Gasteiger partial charge in [-0.3, -0.25) is 0 Å². The first kappa shape index (κ1) is 14.0. The second-order valence-corrected chi connectivity index (χ2v) is 7.03. The fourth-order valence-electron chi connectivity index (χ4n) is 2.90. The van der Waals surface area contributed by atoms with Gasteiger partial charge in [0.25, 0.3) is 0 Å². The Bertz CT molecular complexity index is 343. The average molecular weight is 263 g/mol. The third kappa shape index (κ3) is 3.52. The van der Waals surface area contributed by atoms with E-state index in [-0.39, 0.29) is 0 Å². The van der Waals surface area contributed by atoms with Crippen molar-refractivity contribution in [3.63, 3.8) is 0 Å². The van der Waals surface area contributed by atoms with E-state index in [2.05, 4.69) is 61.3 Å². The van der Waals surface area contributed by atoms with Crippen molar-refractivity contribution in [1.82, 2.24) is 5.32 Å². The number of hydrogen-bond donors (Lipinski definition) is 1. The first-order chi connectivity index (χ1) is 8.74. The lowest BCUT2D eigenvalue weighted by Gasteiger charge is -2.34. The van der Waals surface area contributed by atoms with Crippen LogP contribution in [0.2, 0.25) is 0 Å². The molecule has 1 heterocycles. The van der Waals surface area contributed by atoms with Crippen LogP contribution in [-0.4, -0.2) is 23.1 Å². The summed E-state index contributed by atoms with van der Waals surface area (Å²) in [6.45, 7) is 5.75. The van der Waals surface area contributed by atoms with Gasteiger partial charge in [-0.05, 0) is 50.5 Å². The second-order valence-electron chi connectivity index (χ2n) is 5.40. The van der Waals surface area contributed by atoms with Gasteiger partial charge in [-0.2, -0.15) is 11.8 Å². The second kappa shape index (κ2) is 6.63. The minimum absolute atomic E-state index is 0.449. The molecule has 2 unspecified atom stereocenters. The Hall–Kier alpha value is -0.470. The third-order valence-electron chi connectivity index (χ3n) is 4.00. The molecule has 2 rings (SSSR count). The van der Waals surface area contributed by atoms with Crippen LogP contribution in [0.15, 0.2) is 30.3 Å². The maximum atomic E-state index is 3.71. The normalized spacial score (nSPS) is 25.2. The van der Waals surface area contributed by atoms with Crippen LogP contribution < -0.4 is 5.32 Å². The van der Waals surface area contributed by atoms with E-state index >= 15 is 0 Å². The highest BCUT2D eigenvalue weighted by Crippen LogP contribution is 2.41. The summed E-state index contributed by atoms with van der Waals surface area (Å²) in [7, 11) is 0. The molecule has 0 aromatic heterocycles. The summed E-state index contributed by atoms with van der Waals surface area (Å²) >= 11 is 2.17. The van der Waals surface area contributed by atoms with Crippen LogP contribution in [0, 0.1) is 0 Å². The molecule has 0 saturated carbocycles. The summed E-state index contributed by atoms with van der Waals surface area (Å²) in [5.74, 6) is 1.34. The van der Waals surface area contributed by atoms with Crippen molar-refractivity contribution < 1.29 is 0 Å². The van der Waals surface area contributed by atoms with Crippen LogP contribution in [-0.2, 0) is 6.42 Å². The number of hydrogen-bond acceptors (Lipinski definition) is 2. The quantitative estimate of drug-likeness (QED) is 0.836. The van der Waals surface area contributed by atoms with Crippen LogP contribution in [0.1, 0.15) is 38.7 Å². The fraction of sp³-hybridized carbons (Fsp3) is 0.625. The van der Waals surface area contributed by atoms with Crippen molar-refractivity contribution in [2.75, 3.05) is 12.3 Å². The van der Waals surface area contributed by atoms with Gasteiger partial charge in [-0.25, -0.2) is 0 Å². The van der Waals surface area contributed by atoms with E-state index < -0.39 is 0 Å². The minimum Gasteiger partial charge on any atom is -0.313 e. The Kier molecular flexibility index (Phi) is 5.13. The molecule has 1 saturated heterocycles. The Morgan fingerprint density at radius 3 is 2.72 bits per heavy atom. The van der Waals surface area contributed by atoms with Crippen molar-refractivity contribution in [1.29, 1.82) is 0 Å². The number of benzene rings is 1. The molecule has 1 fully saturated rings. The minimum atomic E-state index is 0.449. The number of nitrogens with one attached hydrogen (secondary N) is 1. The predicted molar refractivity (Wildman–Crippen MR) is 82.3 cm³/mol. The summed E-state index contributed by atoms with van der Waals surface area (Å²) in [4.78, 5) is 0. The van der Waals surface area contributed by atoms with E-state index in [0.717, 1.165) is 6.54 Å². The molecule has 100 valence electrons. The highest BCUT2D eigenvalue weighted by Gasteiger charge is 2.36. The molecular formula is C16H25NS. The summed E-state index contributed by atoms with van der Waals surface area (Å²) in [5, 5.41) is 3.71. The molecule has 1 aliphatic rings. The lowest BCUT2D eigenvalue weighted by molar-refractivity contribution is 0.387. The molecule has 1 N–H and O–H groups in total. The van der Waals surface area contributed by atoms with Crippen molar-refractivity contribution in [2.45, 2.75) is 50.3 Å². The lowest BCUT2D eigenvalue weighted by atomic mass is 9.91. The number of thioether (sulfide) groups is 1. The molecule has 18 heavy (non-hydrogen) atoms. The molecule has 0 spiro atoms. The van der Waals surface area contributed by atoms with Crippen LogP contribution in [0.25, 0.3) is 0 Å². The van der Waals surface area contributed by atoms with Gasteiger partial charge in [0.2, 0.25) is 0 Å². The smallest absolute Gasteiger partial charge is 0.0285 e. The molecule has 1 aromatic rings. The zero-order valence-electron chi connectivity index (χ0n) is 11.6. The van der Waals surface area contributed by atoms with Gasteiger partial charge >= 0.3 is 0 Å². The van der Waals surface area contributed by atoms with E-state index in [1.54, 1.807) is 0 Å². The molecule has 1 aromatic carbocycles. The third-order valence-corrected chi connectivity index (χ3v) is 5.64. The highest BCUT2D eigenvalue weighted by atomic mass is 32.2. The first-order valence-electron chi connectivity index (χ1n) is 7.16. The maximum Gasteiger partial charge on any atom is 0.0285 e. The van der Waals surface area contributed by atoms with Gasteiger partial charge in [0.15, 0.2) is 0 Å². The van der Waals surface area contributed by atoms with Gasteiger partial charge in [-0.15, -0.1) is 0 Å². The summed E-state index contributed by atoms with van der Waals surface area (Å²) in [6, 6.07) is 11.5. The van der Waals surface area contributed by atoms with E-state index in [0.29, 0.717) is 10.8 Å². The molecule has 0 amide bonds. The summed E-state index contributed by atoms with van der Waals surface area (Å²) in [6.07, 6.45) is 5.19. The molecule has 1 aliphatic heterocycles. The zero-order chi connectivity index (χ0) is 12.8. The maximum absolute atomic E-state index is 3.71. The summed E-state index contributed by atoms with van der Waals surface area (Å²) < 4.78 is 0.449. The Labute approximate surface area is 116 Å². The number of rotatable bonds is 6. The summed E-state index contributed by atoms with van der Waals surface area (Å²) in [5.41, 5.74) is 1.46. The van der Waals surface area contributed by atoms with Crippen molar-refractivity contribution in [3.05, 3.63) is 35.9 Å². The monoisotopic (exact) mass is 263 g/mol. The van der Waals surface area contributed by atoms with Crippen molar-refractivity contribution >= 4 is 11.8 Å². The average Bonchev–Trinajstić information content (AvgIpc) is 2.84. The molecule has 0 bridgehead atoms. The molecular weight excluding hydrogens is 238 g/mol. The Balaban J connectivity index is 1.94. The van der Waals surface area contributed by atoms with Gasteiger partial charge in [0, 0.05) is 10.8 Å².